The normalized spacial score (nSPS) is 12.8. The summed E-state index contributed by atoms with van der Waals surface area (Å²) in [7, 11) is 0. The number of aromatic hydroxyl groups is 1. The molecule has 0 saturated heterocycles. The van der Waals surface area contributed by atoms with E-state index in [1.54, 1.807) is 36.4 Å². The van der Waals surface area contributed by atoms with Gasteiger partial charge in [-0.3, -0.25) is 0 Å². The Hall–Kier alpha value is -3.35. The lowest BCUT2D eigenvalue weighted by Gasteiger charge is -2.21. The van der Waals surface area contributed by atoms with Gasteiger partial charge < -0.3 is 25.4 Å². The van der Waals surface area contributed by atoms with Crippen LogP contribution in [-0.2, 0) is 6.42 Å². The Kier molecular flexibility index (Phi) is 8.90. The number of phenols is 1. The second-order valence-corrected chi connectivity index (χ2v) is 8.99. The van der Waals surface area contributed by atoms with Crippen LogP contribution in [0.5, 0.6) is 11.5 Å². The number of hydrogen-bond acceptors (Lipinski definition) is 5. The van der Waals surface area contributed by atoms with Gasteiger partial charge in [0.15, 0.2) is 0 Å². The van der Waals surface area contributed by atoms with Crippen LogP contribution in [0.3, 0.4) is 0 Å². The van der Waals surface area contributed by atoms with E-state index in [0.29, 0.717) is 18.7 Å². The molecule has 0 saturated carbocycles. The van der Waals surface area contributed by atoms with Crippen molar-refractivity contribution >= 4 is 5.97 Å². The average molecular weight is 478 g/mol. The van der Waals surface area contributed by atoms with Crippen molar-refractivity contribution in [3.63, 3.8) is 0 Å². The van der Waals surface area contributed by atoms with Gasteiger partial charge in [0.1, 0.15) is 18.1 Å². The molecule has 6 heteroatoms. The molecule has 3 aromatic carbocycles. The molecule has 186 valence electrons. The highest BCUT2D eigenvalue weighted by atomic mass is 16.5. The first kappa shape index (κ1) is 26.3. The predicted molar refractivity (Wildman–Crippen MR) is 138 cm³/mol. The number of carbonyl (C=O) groups is 1. The highest BCUT2D eigenvalue weighted by molar-refractivity contribution is 5.89. The topological polar surface area (TPSA) is 99.0 Å². The number of aliphatic hydroxyl groups excluding tert-OH is 1. The summed E-state index contributed by atoms with van der Waals surface area (Å²) in [5.41, 5.74) is 6.21. The van der Waals surface area contributed by atoms with E-state index in [1.807, 2.05) is 26.8 Å². The number of aliphatic hydroxyl groups is 1. The summed E-state index contributed by atoms with van der Waals surface area (Å²) >= 11 is 0. The Bertz CT molecular complexity index is 1130. The molecule has 0 bridgehead atoms. The van der Waals surface area contributed by atoms with Crippen molar-refractivity contribution < 1.29 is 24.9 Å². The Labute approximate surface area is 207 Å². The molecule has 0 aliphatic carbocycles. The number of nitrogens with one attached hydrogen (secondary N) is 1. The van der Waals surface area contributed by atoms with E-state index in [0.717, 1.165) is 52.0 Å². The maximum Gasteiger partial charge on any atom is 0.335 e. The zero-order chi connectivity index (χ0) is 25.5. The molecule has 0 aromatic heterocycles. The van der Waals surface area contributed by atoms with E-state index in [-0.39, 0.29) is 11.8 Å². The smallest absolute Gasteiger partial charge is 0.335 e. The minimum atomic E-state index is -0.913. The van der Waals surface area contributed by atoms with E-state index in [4.69, 9.17) is 4.74 Å². The quantitative estimate of drug-likeness (QED) is 0.275. The standard InChI is InChI=1S/C29H35NO5/c1-5-6-22-17-23(29(33)34)9-12-26(22)24-15-18(2)28(19(3)16-24)35-14-13-30-20(4)27(32)21-7-10-25(31)11-8-21/h7-12,15-17,20,27,30-32H,5-6,13-14H2,1-4H3,(H,33,34). The van der Waals surface area contributed by atoms with Crippen LogP contribution in [0, 0.1) is 13.8 Å². The molecule has 0 aliphatic rings. The van der Waals surface area contributed by atoms with Gasteiger partial charge in [0.05, 0.1) is 11.7 Å². The fraction of sp³-hybridized carbons (Fsp3) is 0.345. The zero-order valence-corrected chi connectivity index (χ0v) is 20.8. The zero-order valence-electron chi connectivity index (χ0n) is 20.8. The number of carboxylic acids is 1. The van der Waals surface area contributed by atoms with Crippen molar-refractivity contribution in [2.45, 2.75) is 52.7 Å². The van der Waals surface area contributed by atoms with Crippen LogP contribution in [0.2, 0.25) is 0 Å². The van der Waals surface area contributed by atoms with Gasteiger partial charge in [-0.05, 0) is 97.0 Å². The number of hydrogen-bond donors (Lipinski definition) is 4. The lowest BCUT2D eigenvalue weighted by molar-refractivity contribution is 0.0696. The largest absolute Gasteiger partial charge is 0.508 e. The molecule has 0 spiro atoms. The second kappa shape index (κ2) is 11.9. The maximum atomic E-state index is 11.4. The highest BCUT2D eigenvalue weighted by Gasteiger charge is 2.16. The molecular formula is C29H35NO5. The van der Waals surface area contributed by atoms with Crippen molar-refractivity contribution in [3.05, 3.63) is 82.4 Å². The third kappa shape index (κ3) is 6.62. The van der Waals surface area contributed by atoms with Crippen LogP contribution >= 0.6 is 0 Å². The number of rotatable bonds is 11. The molecule has 0 radical (unpaired) electrons. The van der Waals surface area contributed by atoms with Gasteiger partial charge in [-0.25, -0.2) is 4.79 Å². The molecule has 0 fully saturated rings. The summed E-state index contributed by atoms with van der Waals surface area (Å²) in [5, 5.41) is 32.6. The first-order valence-corrected chi connectivity index (χ1v) is 12.0. The van der Waals surface area contributed by atoms with Gasteiger partial charge in [0, 0.05) is 12.6 Å². The lowest BCUT2D eigenvalue weighted by Crippen LogP contribution is -2.35. The fourth-order valence-corrected chi connectivity index (χ4v) is 4.33. The third-order valence-electron chi connectivity index (χ3n) is 6.17. The lowest BCUT2D eigenvalue weighted by atomic mass is 9.92. The Morgan fingerprint density at radius 3 is 2.29 bits per heavy atom. The van der Waals surface area contributed by atoms with E-state index in [9.17, 15) is 20.1 Å². The number of ether oxygens (including phenoxy) is 1. The number of aromatic carboxylic acids is 1. The molecule has 0 aliphatic heterocycles. The van der Waals surface area contributed by atoms with Crippen molar-refractivity contribution in [3.8, 4) is 22.6 Å². The summed E-state index contributed by atoms with van der Waals surface area (Å²) in [5.74, 6) is 0.0931. The van der Waals surface area contributed by atoms with E-state index in [1.165, 1.54) is 0 Å². The van der Waals surface area contributed by atoms with Crippen LogP contribution in [0.4, 0.5) is 0 Å². The van der Waals surface area contributed by atoms with Gasteiger partial charge >= 0.3 is 5.97 Å². The van der Waals surface area contributed by atoms with E-state index < -0.39 is 12.1 Å². The average Bonchev–Trinajstić information content (AvgIpc) is 2.83. The van der Waals surface area contributed by atoms with Gasteiger partial charge in [-0.2, -0.15) is 0 Å². The molecule has 2 atom stereocenters. The monoisotopic (exact) mass is 477 g/mol. The van der Waals surface area contributed by atoms with Gasteiger partial charge in [0.25, 0.3) is 0 Å². The number of benzene rings is 3. The molecule has 35 heavy (non-hydrogen) atoms. The Morgan fingerprint density at radius 1 is 1.03 bits per heavy atom. The van der Waals surface area contributed by atoms with Crippen LogP contribution in [0.25, 0.3) is 11.1 Å². The first-order valence-electron chi connectivity index (χ1n) is 12.0. The van der Waals surface area contributed by atoms with Crippen molar-refractivity contribution in [1.29, 1.82) is 0 Å². The van der Waals surface area contributed by atoms with E-state index in [2.05, 4.69) is 24.4 Å². The van der Waals surface area contributed by atoms with E-state index >= 15 is 0 Å². The molecule has 3 aromatic rings. The second-order valence-electron chi connectivity index (χ2n) is 8.99. The summed E-state index contributed by atoms with van der Waals surface area (Å²) < 4.78 is 6.08. The number of phenolic OH excluding ortho intramolecular Hbond substituents is 1. The molecule has 6 nitrogen and oxygen atoms in total. The molecule has 4 N–H and O–H groups in total. The van der Waals surface area contributed by atoms with Crippen molar-refractivity contribution in [1.82, 2.24) is 5.32 Å². The summed E-state index contributed by atoms with van der Waals surface area (Å²) in [6, 6.07) is 15.9. The van der Waals surface area contributed by atoms with Gasteiger partial charge in [-0.15, -0.1) is 0 Å². The summed E-state index contributed by atoms with van der Waals surface area (Å²) in [4.78, 5) is 11.4. The van der Waals surface area contributed by atoms with Crippen molar-refractivity contribution in [2.75, 3.05) is 13.2 Å². The molecule has 0 amide bonds. The number of aryl methyl sites for hydroxylation is 3. The fourth-order valence-electron chi connectivity index (χ4n) is 4.33. The SMILES string of the molecule is CCCc1cc(C(=O)O)ccc1-c1cc(C)c(OCCNC(C)C(O)c2ccc(O)cc2)c(C)c1. The molecule has 2 unspecified atom stereocenters. The molecular weight excluding hydrogens is 442 g/mol. The van der Waals surface area contributed by atoms with Crippen LogP contribution in [0.1, 0.15) is 59.0 Å². The van der Waals surface area contributed by atoms with Crippen LogP contribution < -0.4 is 10.1 Å². The van der Waals surface area contributed by atoms with Crippen molar-refractivity contribution in [2.24, 2.45) is 0 Å². The number of carboxylic acid groups (broad SMARTS) is 1. The predicted octanol–water partition coefficient (Wildman–Crippen LogP) is 5.42. The minimum Gasteiger partial charge on any atom is -0.508 e. The Morgan fingerprint density at radius 2 is 1.69 bits per heavy atom. The minimum absolute atomic E-state index is 0.172. The summed E-state index contributed by atoms with van der Waals surface area (Å²) in [6.45, 7) is 9.04. The first-order chi connectivity index (χ1) is 16.7. The molecule has 0 heterocycles. The van der Waals surface area contributed by atoms with Gasteiger partial charge in [-0.1, -0.05) is 31.5 Å². The Balaban J connectivity index is 1.65. The van der Waals surface area contributed by atoms with Crippen LogP contribution in [-0.4, -0.2) is 40.5 Å². The molecule has 3 rings (SSSR count). The van der Waals surface area contributed by atoms with Crippen LogP contribution in [0.15, 0.2) is 54.6 Å². The highest BCUT2D eigenvalue weighted by Crippen LogP contribution is 2.33. The maximum absolute atomic E-state index is 11.4. The third-order valence-corrected chi connectivity index (χ3v) is 6.17. The summed E-state index contributed by atoms with van der Waals surface area (Å²) in [6.07, 6.45) is 1.05. The van der Waals surface area contributed by atoms with Gasteiger partial charge in [0.2, 0.25) is 0 Å².